The first-order valence-corrected chi connectivity index (χ1v) is 8.23. The van der Waals surface area contributed by atoms with Crippen LogP contribution in [-0.2, 0) is 19.3 Å². The van der Waals surface area contributed by atoms with E-state index in [4.69, 9.17) is 11.6 Å². The van der Waals surface area contributed by atoms with Crippen molar-refractivity contribution in [1.82, 2.24) is 5.32 Å². The van der Waals surface area contributed by atoms with Crippen molar-refractivity contribution >= 4 is 11.6 Å². The topological polar surface area (TPSA) is 12.0 Å². The molecular formula is C19H22ClN. The van der Waals surface area contributed by atoms with Gasteiger partial charge in [0, 0.05) is 11.1 Å². The van der Waals surface area contributed by atoms with E-state index in [0.717, 1.165) is 18.0 Å². The Labute approximate surface area is 132 Å². The number of benzene rings is 2. The Kier molecular flexibility index (Phi) is 4.62. The number of nitrogens with one attached hydrogen (secondary N) is 1. The molecule has 0 fully saturated rings. The molecule has 0 aliphatic heterocycles. The van der Waals surface area contributed by atoms with Crippen LogP contribution in [0.2, 0.25) is 5.02 Å². The molecule has 1 nitrogen and oxygen atoms in total. The molecule has 110 valence electrons. The standard InChI is InChI=1S/C19H22ClN/c1-2-21-19(16-8-10-18(20)11-9-16)13-14-6-7-15-4-3-5-17(15)12-14/h6-12,19,21H,2-5,13H2,1H3. The van der Waals surface area contributed by atoms with Crippen LogP contribution in [-0.4, -0.2) is 6.54 Å². The molecule has 1 aliphatic rings. The van der Waals surface area contributed by atoms with Gasteiger partial charge < -0.3 is 5.32 Å². The van der Waals surface area contributed by atoms with Crippen LogP contribution in [0.25, 0.3) is 0 Å². The van der Waals surface area contributed by atoms with Crippen LogP contribution in [0.4, 0.5) is 0 Å². The lowest BCUT2D eigenvalue weighted by molar-refractivity contribution is 0.549. The highest BCUT2D eigenvalue weighted by Gasteiger charge is 2.14. The Bertz CT molecular complexity index is 603. The fraction of sp³-hybridized carbons (Fsp3) is 0.368. The monoisotopic (exact) mass is 299 g/mol. The van der Waals surface area contributed by atoms with Crippen LogP contribution >= 0.6 is 11.6 Å². The van der Waals surface area contributed by atoms with E-state index in [1.54, 1.807) is 11.1 Å². The average Bonchev–Trinajstić information content (AvgIpc) is 2.95. The zero-order valence-electron chi connectivity index (χ0n) is 12.5. The van der Waals surface area contributed by atoms with Gasteiger partial charge in [-0.25, -0.2) is 0 Å². The van der Waals surface area contributed by atoms with Gasteiger partial charge in [-0.3, -0.25) is 0 Å². The van der Waals surface area contributed by atoms with Gasteiger partial charge in [0.25, 0.3) is 0 Å². The number of rotatable bonds is 5. The molecule has 3 rings (SSSR count). The van der Waals surface area contributed by atoms with Gasteiger partial charge in [0.2, 0.25) is 0 Å². The van der Waals surface area contributed by atoms with Gasteiger partial charge in [0.1, 0.15) is 0 Å². The van der Waals surface area contributed by atoms with E-state index < -0.39 is 0 Å². The van der Waals surface area contributed by atoms with Gasteiger partial charge in [-0.2, -0.15) is 0 Å². The second-order valence-corrected chi connectivity index (χ2v) is 6.26. The molecule has 1 unspecified atom stereocenters. The third kappa shape index (κ3) is 3.48. The van der Waals surface area contributed by atoms with E-state index >= 15 is 0 Å². The highest BCUT2D eigenvalue weighted by atomic mass is 35.5. The largest absolute Gasteiger partial charge is 0.310 e. The van der Waals surface area contributed by atoms with Crippen molar-refractivity contribution in [2.75, 3.05) is 6.54 Å². The molecule has 2 aromatic rings. The molecule has 0 heterocycles. The summed E-state index contributed by atoms with van der Waals surface area (Å²) in [5.74, 6) is 0. The van der Waals surface area contributed by atoms with Crippen LogP contribution in [0.1, 0.15) is 41.6 Å². The van der Waals surface area contributed by atoms with E-state index in [1.807, 2.05) is 12.1 Å². The zero-order chi connectivity index (χ0) is 14.7. The number of halogens is 1. The Morgan fingerprint density at radius 3 is 2.57 bits per heavy atom. The number of fused-ring (bicyclic) bond motifs is 1. The predicted octanol–water partition coefficient (Wildman–Crippen LogP) is 4.72. The molecule has 21 heavy (non-hydrogen) atoms. The van der Waals surface area contributed by atoms with Crippen LogP contribution in [0.15, 0.2) is 42.5 Å². The first kappa shape index (κ1) is 14.6. The van der Waals surface area contributed by atoms with Gasteiger partial charge in [-0.05, 0) is 66.6 Å². The molecule has 0 amide bonds. The minimum absolute atomic E-state index is 0.353. The first-order chi connectivity index (χ1) is 10.3. The van der Waals surface area contributed by atoms with Crippen molar-refractivity contribution in [1.29, 1.82) is 0 Å². The summed E-state index contributed by atoms with van der Waals surface area (Å²) in [6.07, 6.45) is 4.84. The van der Waals surface area contributed by atoms with E-state index in [9.17, 15) is 0 Å². The number of hydrogen-bond donors (Lipinski definition) is 1. The number of hydrogen-bond acceptors (Lipinski definition) is 1. The van der Waals surface area contributed by atoms with E-state index in [0.29, 0.717) is 6.04 Å². The summed E-state index contributed by atoms with van der Waals surface area (Å²) in [7, 11) is 0. The average molecular weight is 300 g/mol. The molecule has 0 aromatic heterocycles. The predicted molar refractivity (Wildman–Crippen MR) is 90.0 cm³/mol. The highest BCUT2D eigenvalue weighted by Crippen LogP contribution is 2.26. The number of aryl methyl sites for hydroxylation is 2. The maximum Gasteiger partial charge on any atom is 0.0406 e. The molecule has 2 aromatic carbocycles. The Morgan fingerprint density at radius 1 is 1.05 bits per heavy atom. The zero-order valence-corrected chi connectivity index (χ0v) is 13.3. The van der Waals surface area contributed by atoms with Gasteiger partial charge in [0.05, 0.1) is 0 Å². The molecule has 1 N–H and O–H groups in total. The van der Waals surface area contributed by atoms with Crippen molar-refractivity contribution in [3.8, 4) is 0 Å². The van der Waals surface area contributed by atoms with Crippen molar-refractivity contribution in [2.45, 2.75) is 38.6 Å². The Balaban J connectivity index is 1.80. The van der Waals surface area contributed by atoms with Gasteiger partial charge in [0.15, 0.2) is 0 Å². The SMILES string of the molecule is CCNC(Cc1ccc2c(c1)CCC2)c1ccc(Cl)cc1. The quantitative estimate of drug-likeness (QED) is 0.842. The van der Waals surface area contributed by atoms with Crippen LogP contribution in [0.5, 0.6) is 0 Å². The fourth-order valence-electron chi connectivity index (χ4n) is 3.24. The van der Waals surface area contributed by atoms with Gasteiger partial charge >= 0.3 is 0 Å². The van der Waals surface area contributed by atoms with Gasteiger partial charge in [-0.15, -0.1) is 0 Å². The lowest BCUT2D eigenvalue weighted by Gasteiger charge is -2.19. The molecule has 0 saturated carbocycles. The summed E-state index contributed by atoms with van der Waals surface area (Å²) < 4.78 is 0. The van der Waals surface area contributed by atoms with Crippen molar-refractivity contribution in [3.63, 3.8) is 0 Å². The lowest BCUT2D eigenvalue weighted by atomic mass is 9.96. The molecule has 2 heteroatoms. The molecule has 0 radical (unpaired) electrons. The van der Waals surface area contributed by atoms with E-state index in [2.05, 4.69) is 42.6 Å². The third-order valence-electron chi connectivity index (χ3n) is 4.33. The molecule has 0 saturated heterocycles. The summed E-state index contributed by atoms with van der Waals surface area (Å²) in [6.45, 7) is 3.13. The highest BCUT2D eigenvalue weighted by molar-refractivity contribution is 6.30. The summed E-state index contributed by atoms with van der Waals surface area (Å²) in [5.41, 5.74) is 5.84. The fourth-order valence-corrected chi connectivity index (χ4v) is 3.36. The number of likely N-dealkylation sites (N-methyl/N-ethyl adjacent to an activating group) is 1. The van der Waals surface area contributed by atoms with Crippen molar-refractivity contribution in [3.05, 3.63) is 69.7 Å². The van der Waals surface area contributed by atoms with Gasteiger partial charge in [-0.1, -0.05) is 48.9 Å². The van der Waals surface area contributed by atoms with Crippen LogP contribution < -0.4 is 5.32 Å². The molecule has 0 bridgehead atoms. The smallest absolute Gasteiger partial charge is 0.0406 e. The van der Waals surface area contributed by atoms with Crippen molar-refractivity contribution in [2.24, 2.45) is 0 Å². The molecule has 1 aliphatic carbocycles. The second-order valence-electron chi connectivity index (χ2n) is 5.82. The van der Waals surface area contributed by atoms with E-state index in [-0.39, 0.29) is 0 Å². The lowest BCUT2D eigenvalue weighted by Crippen LogP contribution is -2.23. The summed E-state index contributed by atoms with van der Waals surface area (Å²) in [4.78, 5) is 0. The maximum atomic E-state index is 6.00. The van der Waals surface area contributed by atoms with Crippen LogP contribution in [0, 0.1) is 0 Å². The summed E-state index contributed by atoms with van der Waals surface area (Å²) >= 11 is 6.00. The van der Waals surface area contributed by atoms with Crippen LogP contribution in [0.3, 0.4) is 0 Å². The summed E-state index contributed by atoms with van der Waals surface area (Å²) in [5, 5.41) is 4.39. The molecular weight excluding hydrogens is 278 g/mol. The normalized spacial score (nSPS) is 15.0. The second kappa shape index (κ2) is 6.64. The Hall–Kier alpha value is -1.31. The molecule has 0 spiro atoms. The minimum Gasteiger partial charge on any atom is -0.310 e. The molecule has 1 atom stereocenters. The minimum atomic E-state index is 0.353. The first-order valence-electron chi connectivity index (χ1n) is 7.86. The summed E-state index contributed by atoms with van der Waals surface area (Å²) in [6, 6.07) is 15.6. The third-order valence-corrected chi connectivity index (χ3v) is 4.58. The van der Waals surface area contributed by atoms with Crippen molar-refractivity contribution < 1.29 is 0 Å². The van der Waals surface area contributed by atoms with E-state index in [1.165, 1.54) is 30.4 Å². The Morgan fingerprint density at radius 2 is 1.81 bits per heavy atom. The maximum absolute atomic E-state index is 6.00.